The summed E-state index contributed by atoms with van der Waals surface area (Å²) in [7, 11) is 0. The lowest BCUT2D eigenvalue weighted by atomic mass is 10.1. The molecular formula is C21H20F2N2O. The maximum atomic E-state index is 14.0. The third-order valence-electron chi connectivity index (χ3n) is 4.87. The smallest absolute Gasteiger partial charge is 0.211 e. The molecule has 1 aliphatic heterocycles. The molecule has 134 valence electrons. The molecule has 0 amide bonds. The standard InChI is InChI=1S/C21H20F2N2O/c22-18-8-3-1-6-15(18)12-17-13-24-21(26-17)20-10-5-11-25(20)14-16-7-2-4-9-19(16)23/h1-4,6-9,13,20H,5,10-12,14H2/t20-/m0/s1. The molecular weight excluding hydrogens is 334 g/mol. The molecule has 26 heavy (non-hydrogen) atoms. The Bertz CT molecular complexity index is 893. The maximum absolute atomic E-state index is 14.0. The molecule has 0 saturated carbocycles. The molecule has 2 aromatic carbocycles. The lowest BCUT2D eigenvalue weighted by Crippen LogP contribution is -2.23. The number of oxazole rings is 1. The maximum Gasteiger partial charge on any atom is 0.211 e. The predicted molar refractivity (Wildman–Crippen MR) is 94.5 cm³/mol. The van der Waals surface area contributed by atoms with Crippen molar-refractivity contribution in [1.82, 2.24) is 9.88 Å². The summed E-state index contributed by atoms with van der Waals surface area (Å²) in [5, 5.41) is 0. The number of halogens is 2. The average molecular weight is 354 g/mol. The van der Waals surface area contributed by atoms with Crippen LogP contribution in [-0.2, 0) is 13.0 Å². The summed E-state index contributed by atoms with van der Waals surface area (Å²) in [5.41, 5.74) is 1.27. The van der Waals surface area contributed by atoms with Gasteiger partial charge in [0.1, 0.15) is 17.4 Å². The molecule has 1 aliphatic rings. The zero-order chi connectivity index (χ0) is 17.9. The van der Waals surface area contributed by atoms with Crippen LogP contribution in [0.25, 0.3) is 0 Å². The van der Waals surface area contributed by atoms with Gasteiger partial charge in [0.15, 0.2) is 0 Å². The first-order chi connectivity index (χ1) is 12.7. The van der Waals surface area contributed by atoms with Gasteiger partial charge in [-0.2, -0.15) is 0 Å². The van der Waals surface area contributed by atoms with Crippen LogP contribution >= 0.6 is 0 Å². The normalized spacial score (nSPS) is 17.7. The zero-order valence-electron chi connectivity index (χ0n) is 14.4. The van der Waals surface area contributed by atoms with Crippen LogP contribution in [0.4, 0.5) is 8.78 Å². The van der Waals surface area contributed by atoms with Crippen LogP contribution in [0.2, 0.25) is 0 Å². The van der Waals surface area contributed by atoms with Gasteiger partial charge in [0.05, 0.1) is 12.2 Å². The van der Waals surface area contributed by atoms with E-state index in [4.69, 9.17) is 4.42 Å². The van der Waals surface area contributed by atoms with Gasteiger partial charge in [-0.1, -0.05) is 36.4 Å². The highest BCUT2D eigenvalue weighted by molar-refractivity contribution is 5.22. The summed E-state index contributed by atoms with van der Waals surface area (Å²) in [6.45, 7) is 1.41. The average Bonchev–Trinajstić information content (AvgIpc) is 3.28. The molecule has 1 saturated heterocycles. The molecule has 3 nitrogen and oxygen atoms in total. The van der Waals surface area contributed by atoms with E-state index in [9.17, 15) is 8.78 Å². The van der Waals surface area contributed by atoms with E-state index in [1.807, 2.05) is 18.2 Å². The zero-order valence-corrected chi connectivity index (χ0v) is 14.4. The minimum absolute atomic E-state index is 0.0315. The van der Waals surface area contributed by atoms with E-state index >= 15 is 0 Å². The second kappa shape index (κ2) is 7.38. The first-order valence-corrected chi connectivity index (χ1v) is 8.86. The number of hydrogen-bond acceptors (Lipinski definition) is 3. The highest BCUT2D eigenvalue weighted by Crippen LogP contribution is 2.33. The van der Waals surface area contributed by atoms with Gasteiger partial charge in [0.2, 0.25) is 5.89 Å². The number of benzene rings is 2. The van der Waals surface area contributed by atoms with Crippen LogP contribution in [0.1, 0.15) is 41.7 Å². The van der Waals surface area contributed by atoms with Gasteiger partial charge in [-0.05, 0) is 37.1 Å². The van der Waals surface area contributed by atoms with Crippen LogP contribution in [0.5, 0.6) is 0 Å². The largest absolute Gasteiger partial charge is 0.444 e. The summed E-state index contributed by atoms with van der Waals surface area (Å²) in [6, 6.07) is 13.5. The van der Waals surface area contributed by atoms with Crippen molar-refractivity contribution in [3.8, 4) is 0 Å². The van der Waals surface area contributed by atoms with E-state index in [-0.39, 0.29) is 17.7 Å². The van der Waals surface area contributed by atoms with E-state index < -0.39 is 0 Å². The van der Waals surface area contributed by atoms with Crippen molar-refractivity contribution < 1.29 is 13.2 Å². The molecule has 5 heteroatoms. The number of hydrogen-bond donors (Lipinski definition) is 0. The Morgan fingerprint density at radius 1 is 1.00 bits per heavy atom. The van der Waals surface area contributed by atoms with Crippen LogP contribution in [0.3, 0.4) is 0 Å². The van der Waals surface area contributed by atoms with Crippen LogP contribution in [0.15, 0.2) is 59.1 Å². The molecule has 2 heterocycles. The van der Waals surface area contributed by atoms with Crippen LogP contribution in [0, 0.1) is 11.6 Å². The van der Waals surface area contributed by atoms with Crippen LogP contribution < -0.4 is 0 Å². The van der Waals surface area contributed by atoms with Gasteiger partial charge in [-0.25, -0.2) is 13.8 Å². The monoisotopic (exact) mass is 354 g/mol. The van der Waals surface area contributed by atoms with Crippen molar-refractivity contribution in [1.29, 1.82) is 0 Å². The lowest BCUT2D eigenvalue weighted by Gasteiger charge is -2.22. The van der Waals surface area contributed by atoms with Gasteiger partial charge in [-0.15, -0.1) is 0 Å². The minimum atomic E-state index is -0.243. The van der Waals surface area contributed by atoms with E-state index in [0.717, 1.165) is 19.4 Å². The molecule has 0 bridgehead atoms. The van der Waals surface area contributed by atoms with E-state index in [1.54, 1.807) is 24.4 Å². The van der Waals surface area contributed by atoms with Gasteiger partial charge in [0, 0.05) is 18.5 Å². The van der Waals surface area contributed by atoms with Gasteiger partial charge < -0.3 is 4.42 Å². The van der Waals surface area contributed by atoms with Crippen molar-refractivity contribution >= 4 is 0 Å². The molecule has 0 unspecified atom stereocenters. The number of nitrogens with zero attached hydrogens (tertiary/aromatic N) is 2. The van der Waals surface area contributed by atoms with Crippen molar-refractivity contribution in [2.24, 2.45) is 0 Å². The Hall–Kier alpha value is -2.53. The Morgan fingerprint density at radius 2 is 1.69 bits per heavy atom. The molecule has 1 atom stereocenters. The predicted octanol–water partition coefficient (Wildman–Crippen LogP) is 4.88. The highest BCUT2D eigenvalue weighted by Gasteiger charge is 2.30. The Balaban J connectivity index is 1.49. The summed E-state index contributed by atoms with van der Waals surface area (Å²) in [6.07, 6.45) is 3.99. The Morgan fingerprint density at radius 3 is 2.42 bits per heavy atom. The van der Waals surface area contributed by atoms with Crippen LogP contribution in [-0.4, -0.2) is 16.4 Å². The van der Waals surface area contributed by atoms with Crippen molar-refractivity contribution in [3.05, 3.63) is 89.1 Å². The fourth-order valence-electron chi connectivity index (χ4n) is 3.53. The van der Waals surface area contributed by atoms with Crippen molar-refractivity contribution in [2.75, 3.05) is 6.54 Å². The van der Waals surface area contributed by atoms with E-state index in [2.05, 4.69) is 9.88 Å². The third-order valence-corrected chi connectivity index (χ3v) is 4.87. The lowest BCUT2D eigenvalue weighted by molar-refractivity contribution is 0.210. The molecule has 1 aromatic heterocycles. The number of rotatable bonds is 5. The summed E-state index contributed by atoms with van der Waals surface area (Å²) in [5.74, 6) is 0.839. The van der Waals surface area contributed by atoms with Gasteiger partial charge in [-0.3, -0.25) is 4.90 Å². The van der Waals surface area contributed by atoms with Gasteiger partial charge in [0.25, 0.3) is 0 Å². The summed E-state index contributed by atoms with van der Waals surface area (Å²) < 4.78 is 33.7. The molecule has 3 aromatic rings. The SMILES string of the molecule is Fc1ccccc1Cc1cnc([C@@H]2CCCN2Cc2ccccc2F)o1. The molecule has 4 rings (SSSR count). The van der Waals surface area contributed by atoms with Gasteiger partial charge >= 0.3 is 0 Å². The summed E-state index contributed by atoms with van der Waals surface area (Å²) >= 11 is 0. The minimum Gasteiger partial charge on any atom is -0.444 e. The number of aromatic nitrogens is 1. The first kappa shape index (κ1) is 16.9. The second-order valence-electron chi connectivity index (χ2n) is 6.65. The summed E-state index contributed by atoms with van der Waals surface area (Å²) in [4.78, 5) is 6.61. The van der Waals surface area contributed by atoms with Crippen molar-refractivity contribution in [2.45, 2.75) is 31.8 Å². The quantitative estimate of drug-likeness (QED) is 0.654. The van der Waals surface area contributed by atoms with E-state index in [0.29, 0.717) is 35.7 Å². The molecule has 0 radical (unpaired) electrons. The molecule has 0 aliphatic carbocycles. The number of likely N-dealkylation sites (tertiary alicyclic amines) is 1. The highest BCUT2D eigenvalue weighted by atomic mass is 19.1. The fraction of sp³-hybridized carbons (Fsp3) is 0.286. The Kier molecular flexibility index (Phi) is 4.80. The fourth-order valence-corrected chi connectivity index (χ4v) is 3.53. The third kappa shape index (κ3) is 3.53. The molecule has 0 N–H and O–H groups in total. The topological polar surface area (TPSA) is 29.3 Å². The van der Waals surface area contributed by atoms with Crippen molar-refractivity contribution in [3.63, 3.8) is 0 Å². The van der Waals surface area contributed by atoms with E-state index in [1.165, 1.54) is 12.1 Å². The second-order valence-corrected chi connectivity index (χ2v) is 6.65. The Labute approximate surface area is 151 Å². The molecule has 0 spiro atoms. The first-order valence-electron chi connectivity index (χ1n) is 8.86. The molecule has 1 fully saturated rings.